The Bertz CT molecular complexity index is 381. The average molecular weight is 252 g/mol. The number of ether oxygens (including phenoxy) is 1. The van der Waals surface area contributed by atoms with Gasteiger partial charge in [0.05, 0.1) is 11.6 Å². The van der Waals surface area contributed by atoms with Crippen LogP contribution < -0.4 is 5.32 Å². The summed E-state index contributed by atoms with van der Waals surface area (Å²) in [5.74, 6) is 0. The molecule has 0 spiro atoms. The average Bonchev–Trinajstić information content (AvgIpc) is 2.90. The van der Waals surface area contributed by atoms with Crippen molar-refractivity contribution >= 4 is 11.3 Å². The molecule has 0 amide bonds. The second-order valence-corrected chi connectivity index (χ2v) is 6.80. The van der Waals surface area contributed by atoms with Crippen LogP contribution in [-0.2, 0) is 11.2 Å². The zero-order valence-electron chi connectivity index (χ0n) is 10.4. The van der Waals surface area contributed by atoms with Gasteiger partial charge in [-0.2, -0.15) is 0 Å². The Balaban J connectivity index is 1.65. The molecular weight excluding hydrogens is 232 g/mol. The lowest BCUT2D eigenvalue weighted by atomic mass is 9.83. The number of hydrogen-bond acceptors (Lipinski definition) is 4. The molecule has 4 heteroatoms. The van der Waals surface area contributed by atoms with Gasteiger partial charge in [0, 0.05) is 35.7 Å². The van der Waals surface area contributed by atoms with Gasteiger partial charge in [-0.25, -0.2) is 4.98 Å². The number of aryl methyl sites for hydroxylation is 1. The fraction of sp³-hybridized carbons (Fsp3) is 0.769. The summed E-state index contributed by atoms with van der Waals surface area (Å²) in [4.78, 5) is 5.76. The fourth-order valence-corrected chi connectivity index (χ4v) is 3.46. The number of thiazole rings is 1. The third-order valence-corrected chi connectivity index (χ3v) is 4.66. The van der Waals surface area contributed by atoms with Crippen LogP contribution in [0.5, 0.6) is 0 Å². The molecule has 2 heterocycles. The van der Waals surface area contributed by atoms with Gasteiger partial charge in [0.1, 0.15) is 0 Å². The van der Waals surface area contributed by atoms with Crippen LogP contribution in [0.3, 0.4) is 0 Å². The first kappa shape index (κ1) is 11.6. The molecule has 1 saturated carbocycles. The van der Waals surface area contributed by atoms with Gasteiger partial charge in [-0.1, -0.05) is 0 Å². The predicted octanol–water partition coefficient (Wildman–Crippen LogP) is 2.15. The zero-order chi connectivity index (χ0) is 11.7. The molecule has 1 aliphatic carbocycles. The Morgan fingerprint density at radius 2 is 2.47 bits per heavy atom. The molecule has 2 aliphatic rings. The molecule has 1 saturated heterocycles. The SMILES string of the molecule is Cc1ncc(CC2(CNC3CC3)CCOC2)s1. The van der Waals surface area contributed by atoms with Gasteiger partial charge in [0.15, 0.2) is 0 Å². The Morgan fingerprint density at radius 3 is 3.06 bits per heavy atom. The van der Waals surface area contributed by atoms with Crippen molar-refractivity contribution in [3.63, 3.8) is 0 Å². The molecule has 1 aromatic rings. The van der Waals surface area contributed by atoms with Crippen molar-refractivity contribution < 1.29 is 4.74 Å². The first-order chi connectivity index (χ1) is 8.26. The van der Waals surface area contributed by atoms with Gasteiger partial charge in [0.25, 0.3) is 0 Å². The molecule has 1 aliphatic heterocycles. The number of nitrogens with zero attached hydrogens (tertiary/aromatic N) is 1. The van der Waals surface area contributed by atoms with Crippen LogP contribution in [-0.4, -0.2) is 30.8 Å². The van der Waals surface area contributed by atoms with E-state index in [1.54, 1.807) is 0 Å². The number of hydrogen-bond donors (Lipinski definition) is 1. The highest BCUT2D eigenvalue weighted by Crippen LogP contribution is 2.34. The van der Waals surface area contributed by atoms with E-state index in [-0.39, 0.29) is 0 Å². The Hall–Kier alpha value is -0.450. The van der Waals surface area contributed by atoms with Crippen LogP contribution in [0.1, 0.15) is 29.1 Å². The molecule has 0 radical (unpaired) electrons. The standard InChI is InChI=1S/C13H20N2OS/c1-10-14-7-12(17-10)6-13(4-5-16-9-13)8-15-11-2-3-11/h7,11,15H,2-6,8-9H2,1H3. The minimum Gasteiger partial charge on any atom is -0.381 e. The summed E-state index contributed by atoms with van der Waals surface area (Å²) in [6, 6.07) is 0.788. The van der Waals surface area contributed by atoms with Crippen molar-refractivity contribution in [1.82, 2.24) is 10.3 Å². The van der Waals surface area contributed by atoms with E-state index >= 15 is 0 Å². The van der Waals surface area contributed by atoms with Crippen LogP contribution >= 0.6 is 11.3 Å². The molecule has 3 nitrogen and oxygen atoms in total. The highest BCUT2D eigenvalue weighted by atomic mass is 32.1. The van der Waals surface area contributed by atoms with E-state index in [1.165, 1.54) is 29.1 Å². The molecule has 1 unspecified atom stereocenters. The molecule has 0 aromatic carbocycles. The predicted molar refractivity (Wildman–Crippen MR) is 69.4 cm³/mol. The van der Waals surface area contributed by atoms with Crippen molar-refractivity contribution in [3.8, 4) is 0 Å². The number of rotatable bonds is 5. The topological polar surface area (TPSA) is 34.2 Å². The van der Waals surface area contributed by atoms with Crippen molar-refractivity contribution in [2.75, 3.05) is 19.8 Å². The molecule has 1 N–H and O–H groups in total. The number of aromatic nitrogens is 1. The highest BCUT2D eigenvalue weighted by Gasteiger charge is 2.37. The van der Waals surface area contributed by atoms with Crippen LogP contribution in [0, 0.1) is 12.3 Å². The Kier molecular flexibility index (Phi) is 3.19. The maximum atomic E-state index is 5.64. The van der Waals surface area contributed by atoms with E-state index in [1.807, 2.05) is 17.5 Å². The van der Waals surface area contributed by atoms with Gasteiger partial charge < -0.3 is 10.1 Å². The van der Waals surface area contributed by atoms with Crippen LogP contribution in [0.4, 0.5) is 0 Å². The summed E-state index contributed by atoms with van der Waals surface area (Å²) in [5, 5.41) is 4.84. The summed E-state index contributed by atoms with van der Waals surface area (Å²) < 4.78 is 5.64. The summed E-state index contributed by atoms with van der Waals surface area (Å²) >= 11 is 1.83. The first-order valence-corrected chi connectivity index (χ1v) is 7.30. The van der Waals surface area contributed by atoms with Crippen LogP contribution in [0.15, 0.2) is 6.20 Å². The van der Waals surface area contributed by atoms with E-state index < -0.39 is 0 Å². The molecule has 1 atom stereocenters. The third-order valence-electron chi connectivity index (χ3n) is 3.75. The summed E-state index contributed by atoms with van der Waals surface area (Å²) in [7, 11) is 0. The monoisotopic (exact) mass is 252 g/mol. The molecule has 3 rings (SSSR count). The highest BCUT2D eigenvalue weighted by molar-refractivity contribution is 7.11. The Labute approximate surface area is 107 Å². The number of nitrogens with one attached hydrogen (secondary N) is 1. The van der Waals surface area contributed by atoms with E-state index in [9.17, 15) is 0 Å². The normalized spacial score (nSPS) is 28.8. The molecule has 94 valence electrons. The lowest BCUT2D eigenvalue weighted by molar-refractivity contribution is 0.149. The summed E-state index contributed by atoms with van der Waals surface area (Å²) in [6.45, 7) is 5.01. The fourth-order valence-electron chi connectivity index (χ4n) is 2.50. The molecule has 1 aromatic heterocycles. The molecule has 17 heavy (non-hydrogen) atoms. The third kappa shape index (κ3) is 2.87. The largest absolute Gasteiger partial charge is 0.381 e. The maximum absolute atomic E-state index is 5.64. The van der Waals surface area contributed by atoms with E-state index in [0.717, 1.165) is 32.2 Å². The quantitative estimate of drug-likeness (QED) is 0.872. The van der Waals surface area contributed by atoms with Gasteiger partial charge in [-0.3, -0.25) is 0 Å². The second-order valence-electron chi connectivity index (χ2n) is 5.48. The zero-order valence-corrected chi connectivity index (χ0v) is 11.2. The van der Waals surface area contributed by atoms with Gasteiger partial charge in [-0.05, 0) is 32.6 Å². The van der Waals surface area contributed by atoms with Gasteiger partial charge >= 0.3 is 0 Å². The molecular formula is C13H20N2OS. The first-order valence-electron chi connectivity index (χ1n) is 6.48. The van der Waals surface area contributed by atoms with Gasteiger partial charge in [-0.15, -0.1) is 11.3 Å². The lowest BCUT2D eigenvalue weighted by Crippen LogP contribution is -2.37. The van der Waals surface area contributed by atoms with Crippen molar-refractivity contribution in [2.45, 2.75) is 38.6 Å². The Morgan fingerprint density at radius 1 is 1.59 bits per heavy atom. The second kappa shape index (κ2) is 4.67. The van der Waals surface area contributed by atoms with Crippen molar-refractivity contribution in [1.29, 1.82) is 0 Å². The maximum Gasteiger partial charge on any atom is 0.0896 e. The van der Waals surface area contributed by atoms with E-state index in [0.29, 0.717) is 5.41 Å². The van der Waals surface area contributed by atoms with Crippen LogP contribution in [0.2, 0.25) is 0 Å². The molecule has 0 bridgehead atoms. The van der Waals surface area contributed by atoms with Crippen molar-refractivity contribution in [2.24, 2.45) is 5.41 Å². The smallest absolute Gasteiger partial charge is 0.0896 e. The summed E-state index contributed by atoms with van der Waals surface area (Å²) in [5.41, 5.74) is 0.321. The van der Waals surface area contributed by atoms with Crippen LogP contribution in [0.25, 0.3) is 0 Å². The van der Waals surface area contributed by atoms with Gasteiger partial charge in [0.2, 0.25) is 0 Å². The van der Waals surface area contributed by atoms with E-state index in [4.69, 9.17) is 4.74 Å². The molecule has 2 fully saturated rings. The minimum atomic E-state index is 0.321. The lowest BCUT2D eigenvalue weighted by Gasteiger charge is -2.27. The van der Waals surface area contributed by atoms with Crippen molar-refractivity contribution in [3.05, 3.63) is 16.1 Å². The minimum absolute atomic E-state index is 0.321. The van der Waals surface area contributed by atoms with E-state index in [2.05, 4.69) is 17.2 Å². The summed E-state index contributed by atoms with van der Waals surface area (Å²) in [6.07, 6.45) is 7.06.